The lowest BCUT2D eigenvalue weighted by Gasteiger charge is -2.04. The molecule has 0 saturated carbocycles. The number of hydrogen-bond donors (Lipinski definition) is 0. The van der Waals surface area contributed by atoms with Crippen LogP contribution in [0.5, 0.6) is 0 Å². The lowest BCUT2D eigenvalue weighted by Crippen LogP contribution is -1.88. The number of allylic oxidation sites excluding steroid dienone is 1. The second-order valence-electron chi connectivity index (χ2n) is 4.25. The van der Waals surface area contributed by atoms with Gasteiger partial charge in [-0.1, -0.05) is 37.3 Å². The summed E-state index contributed by atoms with van der Waals surface area (Å²) in [5.74, 6) is 0. The Kier molecular flexibility index (Phi) is 5.17. The molecule has 0 heteroatoms. The average molecular weight is 201 g/mol. The number of unbranched alkanes of at least 4 members (excludes halogenated alkanes) is 3. The molecule has 0 fully saturated rings. The molecule has 1 rings (SSSR count). The topological polar surface area (TPSA) is 0 Å². The van der Waals surface area contributed by atoms with Crippen molar-refractivity contribution in [1.82, 2.24) is 0 Å². The van der Waals surface area contributed by atoms with Crippen molar-refractivity contribution in [2.45, 2.75) is 46.0 Å². The van der Waals surface area contributed by atoms with Crippen molar-refractivity contribution in [3.8, 4) is 0 Å². The first-order chi connectivity index (χ1) is 7.24. The summed E-state index contributed by atoms with van der Waals surface area (Å²) < 4.78 is 0. The van der Waals surface area contributed by atoms with Crippen LogP contribution in [0.3, 0.4) is 0 Å². The van der Waals surface area contributed by atoms with Crippen LogP contribution in [0.25, 0.3) is 0 Å². The summed E-state index contributed by atoms with van der Waals surface area (Å²) in [7, 11) is 0. The van der Waals surface area contributed by atoms with Crippen LogP contribution in [0, 0.1) is 20.4 Å². The summed E-state index contributed by atoms with van der Waals surface area (Å²) in [6, 6.07) is 6.78. The molecule has 0 heterocycles. The fourth-order valence-electron chi connectivity index (χ4n) is 1.73. The lowest BCUT2D eigenvalue weighted by molar-refractivity contribution is 0.687. The van der Waals surface area contributed by atoms with Gasteiger partial charge >= 0.3 is 0 Å². The SMILES string of the molecule is [CH]=CCCCCCc1ccc(C)c(C)c1. The Morgan fingerprint density at radius 1 is 1.07 bits per heavy atom. The molecule has 81 valence electrons. The zero-order valence-electron chi connectivity index (χ0n) is 9.92. The molecule has 0 aromatic heterocycles. The van der Waals surface area contributed by atoms with Gasteiger partial charge in [-0.15, -0.1) is 0 Å². The minimum atomic E-state index is 1.05. The van der Waals surface area contributed by atoms with Gasteiger partial charge in [0, 0.05) is 0 Å². The molecule has 0 saturated heterocycles. The van der Waals surface area contributed by atoms with E-state index >= 15 is 0 Å². The third-order valence-corrected chi connectivity index (χ3v) is 2.91. The van der Waals surface area contributed by atoms with Crippen molar-refractivity contribution in [1.29, 1.82) is 0 Å². The van der Waals surface area contributed by atoms with E-state index in [2.05, 4.69) is 32.0 Å². The molecule has 1 aromatic rings. The zero-order chi connectivity index (χ0) is 11.1. The minimum Gasteiger partial charge on any atom is -0.0845 e. The Morgan fingerprint density at radius 2 is 1.87 bits per heavy atom. The highest BCUT2D eigenvalue weighted by atomic mass is 14.0. The first kappa shape index (κ1) is 12.0. The van der Waals surface area contributed by atoms with Crippen molar-refractivity contribution >= 4 is 0 Å². The van der Waals surface area contributed by atoms with Crippen LogP contribution in [0.1, 0.15) is 42.4 Å². The molecule has 0 nitrogen and oxygen atoms in total. The van der Waals surface area contributed by atoms with E-state index in [9.17, 15) is 0 Å². The predicted octanol–water partition coefficient (Wildman–Crippen LogP) is 4.40. The molecule has 0 atom stereocenters. The minimum absolute atomic E-state index is 1.05. The van der Waals surface area contributed by atoms with E-state index in [1.807, 2.05) is 0 Å². The molecule has 0 unspecified atom stereocenters. The molecular weight excluding hydrogens is 180 g/mol. The largest absolute Gasteiger partial charge is 0.0845 e. The molecule has 0 spiro atoms. The van der Waals surface area contributed by atoms with E-state index in [0.29, 0.717) is 0 Å². The maximum absolute atomic E-state index is 5.33. The number of hydrogen-bond acceptors (Lipinski definition) is 0. The molecular formula is C15H21. The number of benzene rings is 1. The second kappa shape index (κ2) is 6.44. The third-order valence-electron chi connectivity index (χ3n) is 2.91. The van der Waals surface area contributed by atoms with Gasteiger partial charge in [-0.25, -0.2) is 0 Å². The van der Waals surface area contributed by atoms with Gasteiger partial charge in [0.1, 0.15) is 0 Å². The van der Waals surface area contributed by atoms with Crippen LogP contribution in [-0.4, -0.2) is 0 Å². The summed E-state index contributed by atoms with van der Waals surface area (Å²) in [5, 5.41) is 0. The summed E-state index contributed by atoms with van der Waals surface area (Å²) in [5.41, 5.74) is 4.26. The molecule has 1 radical (unpaired) electrons. The molecule has 0 aliphatic heterocycles. The summed E-state index contributed by atoms with van der Waals surface area (Å²) >= 11 is 0. The lowest BCUT2D eigenvalue weighted by atomic mass is 10.0. The molecule has 0 aliphatic rings. The highest BCUT2D eigenvalue weighted by Crippen LogP contribution is 2.13. The standard InChI is InChI=1S/C15H21/c1-4-5-6-7-8-9-15-11-10-13(2)14(3)12-15/h1,4,10-12H,5-9H2,2-3H3. The predicted molar refractivity (Wildman–Crippen MR) is 67.0 cm³/mol. The van der Waals surface area contributed by atoms with E-state index in [1.165, 1.54) is 42.4 Å². The second-order valence-corrected chi connectivity index (χ2v) is 4.25. The van der Waals surface area contributed by atoms with E-state index in [0.717, 1.165) is 6.42 Å². The zero-order valence-corrected chi connectivity index (χ0v) is 9.92. The fraction of sp³-hybridized carbons (Fsp3) is 0.467. The quantitative estimate of drug-likeness (QED) is 0.599. The number of aryl methyl sites for hydroxylation is 3. The number of rotatable bonds is 6. The Morgan fingerprint density at radius 3 is 2.53 bits per heavy atom. The monoisotopic (exact) mass is 201 g/mol. The van der Waals surface area contributed by atoms with Crippen LogP contribution in [-0.2, 0) is 6.42 Å². The van der Waals surface area contributed by atoms with E-state index in [1.54, 1.807) is 6.08 Å². The average Bonchev–Trinajstić information content (AvgIpc) is 2.23. The van der Waals surface area contributed by atoms with E-state index in [-0.39, 0.29) is 0 Å². The van der Waals surface area contributed by atoms with Crippen molar-refractivity contribution in [3.05, 3.63) is 47.5 Å². The maximum Gasteiger partial charge on any atom is -0.0279 e. The van der Waals surface area contributed by atoms with Gasteiger partial charge in [0.2, 0.25) is 0 Å². The Balaban J connectivity index is 2.31. The molecule has 1 aromatic carbocycles. The third kappa shape index (κ3) is 4.33. The smallest absolute Gasteiger partial charge is 0.0279 e. The highest BCUT2D eigenvalue weighted by Gasteiger charge is 1.96. The fourth-order valence-corrected chi connectivity index (χ4v) is 1.73. The van der Waals surface area contributed by atoms with Gasteiger partial charge in [-0.3, -0.25) is 0 Å². The van der Waals surface area contributed by atoms with Gasteiger partial charge < -0.3 is 0 Å². The van der Waals surface area contributed by atoms with Crippen LogP contribution >= 0.6 is 0 Å². The van der Waals surface area contributed by atoms with Crippen LogP contribution < -0.4 is 0 Å². The normalized spacial score (nSPS) is 10.3. The highest BCUT2D eigenvalue weighted by molar-refractivity contribution is 5.29. The Labute approximate surface area is 94.0 Å². The van der Waals surface area contributed by atoms with Gasteiger partial charge in [-0.05, 0) is 56.2 Å². The molecule has 0 N–H and O–H groups in total. The molecule has 0 bridgehead atoms. The van der Waals surface area contributed by atoms with Gasteiger partial charge in [0.15, 0.2) is 0 Å². The van der Waals surface area contributed by atoms with Crippen LogP contribution in [0.2, 0.25) is 0 Å². The molecule has 0 aliphatic carbocycles. The Hall–Kier alpha value is -1.04. The van der Waals surface area contributed by atoms with Crippen molar-refractivity contribution in [3.63, 3.8) is 0 Å². The first-order valence-corrected chi connectivity index (χ1v) is 5.83. The maximum atomic E-state index is 5.33. The van der Waals surface area contributed by atoms with Crippen LogP contribution in [0.4, 0.5) is 0 Å². The summed E-state index contributed by atoms with van der Waals surface area (Å²) in [6.45, 7) is 9.68. The molecule has 15 heavy (non-hydrogen) atoms. The van der Waals surface area contributed by atoms with E-state index in [4.69, 9.17) is 6.58 Å². The molecule has 0 amide bonds. The van der Waals surface area contributed by atoms with Crippen molar-refractivity contribution in [2.75, 3.05) is 0 Å². The van der Waals surface area contributed by atoms with Crippen molar-refractivity contribution < 1.29 is 0 Å². The van der Waals surface area contributed by atoms with Crippen LogP contribution in [0.15, 0.2) is 24.3 Å². The first-order valence-electron chi connectivity index (χ1n) is 5.83. The Bertz CT molecular complexity index is 310. The van der Waals surface area contributed by atoms with Gasteiger partial charge in [-0.2, -0.15) is 0 Å². The van der Waals surface area contributed by atoms with E-state index < -0.39 is 0 Å². The van der Waals surface area contributed by atoms with Crippen molar-refractivity contribution in [2.24, 2.45) is 0 Å². The van der Waals surface area contributed by atoms with Gasteiger partial charge in [0.25, 0.3) is 0 Å². The summed E-state index contributed by atoms with van der Waals surface area (Å²) in [6.07, 6.45) is 7.78. The summed E-state index contributed by atoms with van der Waals surface area (Å²) in [4.78, 5) is 0. The van der Waals surface area contributed by atoms with Gasteiger partial charge in [0.05, 0.1) is 0 Å².